The molecule has 0 unspecified atom stereocenters. The SMILES string of the molecule is COCc1ccc2ccccc2c1CC(=O)O. The predicted molar refractivity (Wildman–Crippen MR) is 66.0 cm³/mol. The molecule has 0 atom stereocenters. The van der Waals surface area contributed by atoms with Crippen molar-refractivity contribution in [2.75, 3.05) is 7.11 Å². The molecule has 88 valence electrons. The third-order valence-corrected chi connectivity index (χ3v) is 2.77. The molecule has 0 aliphatic rings. The normalized spacial score (nSPS) is 10.6. The molecule has 0 aromatic heterocycles. The lowest BCUT2D eigenvalue weighted by Gasteiger charge is -2.10. The van der Waals surface area contributed by atoms with E-state index in [2.05, 4.69) is 0 Å². The van der Waals surface area contributed by atoms with E-state index in [1.54, 1.807) is 7.11 Å². The van der Waals surface area contributed by atoms with Crippen molar-refractivity contribution in [1.82, 2.24) is 0 Å². The van der Waals surface area contributed by atoms with E-state index in [0.29, 0.717) is 6.61 Å². The Morgan fingerprint density at radius 3 is 2.71 bits per heavy atom. The molecule has 0 heterocycles. The van der Waals surface area contributed by atoms with E-state index in [1.165, 1.54) is 0 Å². The van der Waals surface area contributed by atoms with Crippen LogP contribution in [0.15, 0.2) is 36.4 Å². The van der Waals surface area contributed by atoms with E-state index in [1.807, 2.05) is 36.4 Å². The fourth-order valence-electron chi connectivity index (χ4n) is 2.03. The number of hydrogen-bond donors (Lipinski definition) is 1. The lowest BCUT2D eigenvalue weighted by molar-refractivity contribution is -0.136. The summed E-state index contributed by atoms with van der Waals surface area (Å²) in [5.41, 5.74) is 1.78. The lowest BCUT2D eigenvalue weighted by atomic mass is 9.97. The third kappa shape index (κ3) is 2.45. The zero-order chi connectivity index (χ0) is 12.3. The van der Waals surface area contributed by atoms with Crippen molar-refractivity contribution >= 4 is 16.7 Å². The van der Waals surface area contributed by atoms with Crippen LogP contribution in [-0.4, -0.2) is 18.2 Å². The molecule has 0 bridgehead atoms. The van der Waals surface area contributed by atoms with Crippen molar-refractivity contribution in [3.8, 4) is 0 Å². The first-order valence-corrected chi connectivity index (χ1v) is 5.42. The van der Waals surface area contributed by atoms with E-state index in [-0.39, 0.29) is 6.42 Å². The third-order valence-electron chi connectivity index (χ3n) is 2.77. The van der Waals surface area contributed by atoms with Crippen LogP contribution in [-0.2, 0) is 22.6 Å². The van der Waals surface area contributed by atoms with Crippen LogP contribution < -0.4 is 0 Å². The van der Waals surface area contributed by atoms with E-state index in [9.17, 15) is 4.79 Å². The highest BCUT2D eigenvalue weighted by Gasteiger charge is 2.10. The summed E-state index contributed by atoms with van der Waals surface area (Å²) < 4.78 is 5.11. The lowest BCUT2D eigenvalue weighted by Crippen LogP contribution is -2.05. The number of carboxylic acid groups (broad SMARTS) is 1. The van der Waals surface area contributed by atoms with Crippen LogP contribution in [0.3, 0.4) is 0 Å². The quantitative estimate of drug-likeness (QED) is 0.878. The molecular formula is C14H14O3. The summed E-state index contributed by atoms with van der Waals surface area (Å²) in [6, 6.07) is 11.7. The average Bonchev–Trinajstić information content (AvgIpc) is 2.32. The van der Waals surface area contributed by atoms with Gasteiger partial charge in [0.05, 0.1) is 13.0 Å². The van der Waals surface area contributed by atoms with Gasteiger partial charge in [-0.1, -0.05) is 36.4 Å². The smallest absolute Gasteiger partial charge is 0.307 e. The number of rotatable bonds is 4. The van der Waals surface area contributed by atoms with Crippen molar-refractivity contribution in [3.63, 3.8) is 0 Å². The summed E-state index contributed by atoms with van der Waals surface area (Å²) in [6.07, 6.45) is 0.0278. The maximum absolute atomic E-state index is 10.9. The number of hydrogen-bond acceptors (Lipinski definition) is 2. The zero-order valence-electron chi connectivity index (χ0n) is 9.64. The van der Waals surface area contributed by atoms with Gasteiger partial charge < -0.3 is 9.84 Å². The Kier molecular flexibility index (Phi) is 3.40. The van der Waals surface area contributed by atoms with Gasteiger partial charge in [0.15, 0.2) is 0 Å². The summed E-state index contributed by atoms with van der Waals surface area (Å²) in [4.78, 5) is 10.9. The molecule has 0 amide bonds. The van der Waals surface area contributed by atoms with Crippen molar-refractivity contribution in [3.05, 3.63) is 47.5 Å². The molecule has 2 rings (SSSR count). The van der Waals surface area contributed by atoms with Crippen LogP contribution >= 0.6 is 0 Å². The Balaban J connectivity index is 2.61. The molecule has 3 nitrogen and oxygen atoms in total. The topological polar surface area (TPSA) is 46.5 Å². The van der Waals surface area contributed by atoms with Crippen LogP contribution in [0.4, 0.5) is 0 Å². The Morgan fingerprint density at radius 1 is 1.24 bits per heavy atom. The minimum atomic E-state index is -0.821. The fraction of sp³-hybridized carbons (Fsp3) is 0.214. The van der Waals surface area contributed by atoms with Crippen molar-refractivity contribution < 1.29 is 14.6 Å². The second kappa shape index (κ2) is 4.97. The molecule has 2 aromatic rings. The van der Waals surface area contributed by atoms with Crippen LogP contribution in [0.25, 0.3) is 10.8 Å². The number of benzene rings is 2. The second-order valence-electron chi connectivity index (χ2n) is 3.93. The molecule has 17 heavy (non-hydrogen) atoms. The van der Waals surface area contributed by atoms with E-state index in [0.717, 1.165) is 21.9 Å². The molecule has 0 radical (unpaired) electrons. The first-order valence-electron chi connectivity index (χ1n) is 5.42. The highest BCUT2D eigenvalue weighted by molar-refractivity contribution is 5.89. The predicted octanol–water partition coefficient (Wildman–Crippen LogP) is 2.61. The highest BCUT2D eigenvalue weighted by atomic mass is 16.5. The first-order chi connectivity index (χ1) is 8.22. The molecule has 1 N–H and O–H groups in total. The molecule has 0 saturated heterocycles. The number of ether oxygens (including phenoxy) is 1. The maximum atomic E-state index is 10.9. The molecule has 0 saturated carbocycles. The molecule has 0 spiro atoms. The second-order valence-corrected chi connectivity index (χ2v) is 3.93. The summed E-state index contributed by atoms with van der Waals surface area (Å²) in [7, 11) is 1.61. The molecule has 0 aliphatic carbocycles. The first kappa shape index (κ1) is 11.6. The van der Waals surface area contributed by atoms with E-state index >= 15 is 0 Å². The van der Waals surface area contributed by atoms with Crippen LogP contribution in [0, 0.1) is 0 Å². The van der Waals surface area contributed by atoms with Gasteiger partial charge in [0.2, 0.25) is 0 Å². The van der Waals surface area contributed by atoms with E-state index in [4.69, 9.17) is 9.84 Å². The molecule has 2 aromatic carbocycles. The number of aliphatic carboxylic acids is 1. The van der Waals surface area contributed by atoms with Crippen molar-refractivity contribution in [1.29, 1.82) is 0 Å². The minimum Gasteiger partial charge on any atom is -0.481 e. The molecule has 0 aliphatic heterocycles. The molecular weight excluding hydrogens is 216 g/mol. The van der Waals surface area contributed by atoms with Crippen LogP contribution in [0.5, 0.6) is 0 Å². The van der Waals surface area contributed by atoms with Gasteiger partial charge in [-0.05, 0) is 21.9 Å². The molecule has 0 fully saturated rings. The Bertz CT molecular complexity index is 546. The monoisotopic (exact) mass is 230 g/mol. The average molecular weight is 230 g/mol. The summed E-state index contributed by atoms with van der Waals surface area (Å²) in [5.74, 6) is -0.821. The van der Waals surface area contributed by atoms with Gasteiger partial charge in [-0.2, -0.15) is 0 Å². The Hall–Kier alpha value is -1.87. The van der Waals surface area contributed by atoms with Gasteiger partial charge in [0.1, 0.15) is 0 Å². The Morgan fingerprint density at radius 2 is 2.00 bits per heavy atom. The summed E-state index contributed by atoms with van der Waals surface area (Å²) in [5, 5.41) is 11.0. The van der Waals surface area contributed by atoms with Gasteiger partial charge in [0, 0.05) is 7.11 Å². The van der Waals surface area contributed by atoms with Crippen molar-refractivity contribution in [2.24, 2.45) is 0 Å². The summed E-state index contributed by atoms with van der Waals surface area (Å²) >= 11 is 0. The van der Waals surface area contributed by atoms with Gasteiger partial charge in [-0.3, -0.25) is 4.79 Å². The number of fused-ring (bicyclic) bond motifs is 1. The van der Waals surface area contributed by atoms with Crippen LogP contribution in [0.2, 0.25) is 0 Å². The zero-order valence-corrected chi connectivity index (χ0v) is 9.64. The van der Waals surface area contributed by atoms with Crippen LogP contribution in [0.1, 0.15) is 11.1 Å². The highest BCUT2D eigenvalue weighted by Crippen LogP contribution is 2.23. The fourth-order valence-corrected chi connectivity index (χ4v) is 2.03. The van der Waals surface area contributed by atoms with Gasteiger partial charge in [-0.25, -0.2) is 0 Å². The number of methoxy groups -OCH3 is 1. The van der Waals surface area contributed by atoms with Crippen molar-refractivity contribution in [2.45, 2.75) is 13.0 Å². The standard InChI is InChI=1S/C14H14O3/c1-17-9-11-7-6-10-4-2-3-5-12(10)13(11)8-14(15)16/h2-7H,8-9H2,1H3,(H,15,16). The van der Waals surface area contributed by atoms with Gasteiger partial charge in [-0.15, -0.1) is 0 Å². The molecule has 3 heteroatoms. The Labute approximate surface area is 99.6 Å². The number of carboxylic acids is 1. The van der Waals surface area contributed by atoms with Gasteiger partial charge in [0.25, 0.3) is 0 Å². The largest absolute Gasteiger partial charge is 0.481 e. The summed E-state index contributed by atoms with van der Waals surface area (Å²) in [6.45, 7) is 0.438. The minimum absolute atomic E-state index is 0.0278. The van der Waals surface area contributed by atoms with Gasteiger partial charge >= 0.3 is 5.97 Å². The van der Waals surface area contributed by atoms with E-state index < -0.39 is 5.97 Å². The maximum Gasteiger partial charge on any atom is 0.307 e. The number of carbonyl (C=O) groups is 1.